The molecule has 1 aliphatic carbocycles. The van der Waals surface area contributed by atoms with Gasteiger partial charge < -0.3 is 9.80 Å². The standard InChI is InChI=1S/C13H24N2/c1-12(13-6-4-3-5-7-13)15-10-8-14(2)9-11-15/h13H,1,3-11H2,2H3. The van der Waals surface area contributed by atoms with E-state index in [2.05, 4.69) is 23.4 Å². The van der Waals surface area contributed by atoms with Crippen molar-refractivity contribution in [2.75, 3.05) is 33.2 Å². The summed E-state index contributed by atoms with van der Waals surface area (Å²) in [7, 11) is 2.21. The summed E-state index contributed by atoms with van der Waals surface area (Å²) in [5, 5.41) is 0. The highest BCUT2D eigenvalue weighted by Crippen LogP contribution is 2.30. The van der Waals surface area contributed by atoms with E-state index in [-0.39, 0.29) is 0 Å². The van der Waals surface area contributed by atoms with Crippen molar-refractivity contribution in [3.05, 3.63) is 12.3 Å². The topological polar surface area (TPSA) is 6.48 Å². The number of piperazine rings is 1. The fraction of sp³-hybridized carbons (Fsp3) is 0.846. The van der Waals surface area contributed by atoms with E-state index >= 15 is 0 Å². The van der Waals surface area contributed by atoms with E-state index in [9.17, 15) is 0 Å². The third-order valence-electron chi connectivity index (χ3n) is 3.99. The molecule has 0 aromatic heterocycles. The molecule has 2 rings (SSSR count). The predicted molar refractivity (Wildman–Crippen MR) is 64.8 cm³/mol. The number of hydrogen-bond acceptors (Lipinski definition) is 2. The lowest BCUT2D eigenvalue weighted by molar-refractivity contribution is 0.166. The second-order valence-electron chi connectivity index (χ2n) is 5.12. The maximum Gasteiger partial charge on any atom is 0.0303 e. The molecule has 2 nitrogen and oxygen atoms in total. The van der Waals surface area contributed by atoms with Crippen LogP contribution >= 0.6 is 0 Å². The van der Waals surface area contributed by atoms with E-state index in [1.165, 1.54) is 64.0 Å². The Hall–Kier alpha value is -0.500. The predicted octanol–water partition coefficient (Wildman–Crippen LogP) is 2.33. The highest BCUT2D eigenvalue weighted by molar-refractivity contribution is 5.02. The molecule has 0 unspecified atom stereocenters. The summed E-state index contributed by atoms with van der Waals surface area (Å²) in [6.07, 6.45) is 7.03. The third-order valence-corrected chi connectivity index (χ3v) is 3.99. The van der Waals surface area contributed by atoms with Crippen LogP contribution in [0, 0.1) is 5.92 Å². The fourth-order valence-corrected chi connectivity index (χ4v) is 2.79. The molecule has 0 N–H and O–H groups in total. The first-order valence-electron chi connectivity index (χ1n) is 6.39. The van der Waals surface area contributed by atoms with Gasteiger partial charge in [-0.2, -0.15) is 0 Å². The van der Waals surface area contributed by atoms with Crippen LogP contribution in [0.2, 0.25) is 0 Å². The van der Waals surface area contributed by atoms with Gasteiger partial charge in [0.1, 0.15) is 0 Å². The van der Waals surface area contributed by atoms with Crippen molar-refractivity contribution in [3.63, 3.8) is 0 Å². The number of hydrogen-bond donors (Lipinski definition) is 0. The van der Waals surface area contributed by atoms with Crippen LogP contribution in [-0.4, -0.2) is 43.0 Å². The van der Waals surface area contributed by atoms with Gasteiger partial charge in [-0.3, -0.25) is 0 Å². The average Bonchev–Trinajstić information content (AvgIpc) is 2.30. The highest BCUT2D eigenvalue weighted by Gasteiger charge is 2.22. The maximum absolute atomic E-state index is 4.33. The number of likely N-dealkylation sites (N-methyl/N-ethyl adjacent to an activating group) is 1. The van der Waals surface area contributed by atoms with Gasteiger partial charge in [-0.25, -0.2) is 0 Å². The molecular weight excluding hydrogens is 184 g/mol. The molecule has 1 saturated carbocycles. The Morgan fingerprint density at radius 1 is 1.00 bits per heavy atom. The van der Waals surface area contributed by atoms with Gasteiger partial charge in [0, 0.05) is 31.9 Å². The van der Waals surface area contributed by atoms with Crippen LogP contribution < -0.4 is 0 Å². The summed E-state index contributed by atoms with van der Waals surface area (Å²) < 4.78 is 0. The molecule has 2 heteroatoms. The highest BCUT2D eigenvalue weighted by atomic mass is 15.3. The van der Waals surface area contributed by atoms with Gasteiger partial charge in [-0.15, -0.1) is 0 Å². The lowest BCUT2D eigenvalue weighted by Crippen LogP contribution is -2.44. The molecule has 0 spiro atoms. The minimum absolute atomic E-state index is 0.794. The quantitative estimate of drug-likeness (QED) is 0.687. The zero-order chi connectivity index (χ0) is 10.7. The molecule has 0 aromatic rings. The average molecular weight is 208 g/mol. The van der Waals surface area contributed by atoms with Gasteiger partial charge in [0.05, 0.1) is 0 Å². The van der Waals surface area contributed by atoms with Crippen molar-refractivity contribution in [1.29, 1.82) is 0 Å². The van der Waals surface area contributed by atoms with E-state index in [4.69, 9.17) is 0 Å². The SMILES string of the molecule is C=C(C1CCCCC1)N1CCN(C)CC1. The van der Waals surface area contributed by atoms with Gasteiger partial charge >= 0.3 is 0 Å². The van der Waals surface area contributed by atoms with Crippen LogP contribution in [0.3, 0.4) is 0 Å². The fourth-order valence-electron chi connectivity index (χ4n) is 2.79. The molecule has 2 aliphatic rings. The molecule has 15 heavy (non-hydrogen) atoms. The van der Waals surface area contributed by atoms with E-state index < -0.39 is 0 Å². The van der Waals surface area contributed by atoms with E-state index in [0.717, 1.165) is 5.92 Å². The Kier molecular flexibility index (Phi) is 3.68. The summed E-state index contributed by atoms with van der Waals surface area (Å²) >= 11 is 0. The molecule has 1 saturated heterocycles. The maximum atomic E-state index is 4.33. The van der Waals surface area contributed by atoms with Gasteiger partial charge in [0.25, 0.3) is 0 Å². The zero-order valence-electron chi connectivity index (χ0n) is 10.0. The largest absolute Gasteiger partial charge is 0.373 e. The molecule has 0 bridgehead atoms. The number of allylic oxidation sites excluding steroid dienone is 1. The Balaban J connectivity index is 1.84. The van der Waals surface area contributed by atoms with Gasteiger partial charge in [-0.1, -0.05) is 25.8 Å². The van der Waals surface area contributed by atoms with E-state index in [1.54, 1.807) is 0 Å². The Bertz CT molecular complexity index is 211. The minimum atomic E-state index is 0.794. The van der Waals surface area contributed by atoms with Crippen molar-refractivity contribution in [2.45, 2.75) is 32.1 Å². The van der Waals surface area contributed by atoms with E-state index in [0.29, 0.717) is 0 Å². The van der Waals surface area contributed by atoms with Crippen LogP contribution in [0.5, 0.6) is 0 Å². The Morgan fingerprint density at radius 3 is 2.20 bits per heavy atom. The first-order chi connectivity index (χ1) is 7.27. The van der Waals surface area contributed by atoms with Crippen LogP contribution in [-0.2, 0) is 0 Å². The van der Waals surface area contributed by atoms with Crippen molar-refractivity contribution in [1.82, 2.24) is 9.80 Å². The molecule has 0 atom stereocenters. The first-order valence-corrected chi connectivity index (χ1v) is 6.39. The summed E-state index contributed by atoms with van der Waals surface area (Å²) in [6, 6.07) is 0. The van der Waals surface area contributed by atoms with Crippen LogP contribution in [0.25, 0.3) is 0 Å². The number of rotatable bonds is 2. The molecule has 0 amide bonds. The van der Waals surface area contributed by atoms with Gasteiger partial charge in [-0.05, 0) is 25.8 Å². The number of nitrogens with zero attached hydrogens (tertiary/aromatic N) is 2. The lowest BCUT2D eigenvalue weighted by atomic mass is 9.86. The summed E-state index contributed by atoms with van der Waals surface area (Å²) in [5.41, 5.74) is 1.43. The normalized spacial score (nSPS) is 25.5. The van der Waals surface area contributed by atoms with Gasteiger partial charge in [0.15, 0.2) is 0 Å². The van der Waals surface area contributed by atoms with Crippen LogP contribution in [0.15, 0.2) is 12.3 Å². The summed E-state index contributed by atoms with van der Waals surface area (Å²) in [5.74, 6) is 0.794. The second-order valence-corrected chi connectivity index (χ2v) is 5.12. The van der Waals surface area contributed by atoms with Crippen molar-refractivity contribution < 1.29 is 0 Å². The summed E-state index contributed by atoms with van der Waals surface area (Å²) in [4.78, 5) is 4.93. The molecule has 2 fully saturated rings. The zero-order valence-corrected chi connectivity index (χ0v) is 10.0. The van der Waals surface area contributed by atoms with Crippen molar-refractivity contribution in [2.24, 2.45) is 5.92 Å². The first kappa shape index (κ1) is 11.0. The van der Waals surface area contributed by atoms with E-state index in [1.807, 2.05) is 0 Å². The van der Waals surface area contributed by atoms with Crippen molar-refractivity contribution >= 4 is 0 Å². The monoisotopic (exact) mass is 208 g/mol. The van der Waals surface area contributed by atoms with Gasteiger partial charge in [0.2, 0.25) is 0 Å². The second kappa shape index (κ2) is 5.02. The molecular formula is C13H24N2. The smallest absolute Gasteiger partial charge is 0.0303 e. The lowest BCUT2D eigenvalue weighted by Gasteiger charge is -2.39. The van der Waals surface area contributed by atoms with Crippen LogP contribution in [0.1, 0.15) is 32.1 Å². The van der Waals surface area contributed by atoms with Crippen LogP contribution in [0.4, 0.5) is 0 Å². The summed E-state index contributed by atoms with van der Waals surface area (Å²) in [6.45, 7) is 9.11. The molecule has 86 valence electrons. The Labute approximate surface area is 93.9 Å². The molecule has 0 radical (unpaired) electrons. The minimum Gasteiger partial charge on any atom is -0.373 e. The molecule has 1 aliphatic heterocycles. The molecule has 0 aromatic carbocycles. The van der Waals surface area contributed by atoms with Crippen molar-refractivity contribution in [3.8, 4) is 0 Å². The third kappa shape index (κ3) is 2.75. The Morgan fingerprint density at radius 2 is 1.60 bits per heavy atom. The molecule has 1 heterocycles.